The Labute approximate surface area is 123 Å². The number of hydrogen-bond acceptors (Lipinski definition) is 4. The number of carbonyl (C=O) groups excluding carboxylic acids is 1. The van der Waals surface area contributed by atoms with Gasteiger partial charge >= 0.3 is 5.97 Å². The van der Waals surface area contributed by atoms with Crippen molar-refractivity contribution in [3.8, 4) is 0 Å². The van der Waals surface area contributed by atoms with E-state index < -0.39 is 11.9 Å². The van der Waals surface area contributed by atoms with Gasteiger partial charge in [0.05, 0.1) is 5.92 Å². The molecule has 0 saturated carbocycles. The Balaban J connectivity index is 1.59. The van der Waals surface area contributed by atoms with Crippen LogP contribution < -0.4 is 10.9 Å². The molecule has 1 amide bonds. The molecule has 2 heterocycles. The first-order chi connectivity index (χ1) is 10.1. The standard InChI is InChI=1S/C15H19N3O3/c19-14(18-7-6-11(9-18)15(20)21)13-8-12(16-17-13)10-4-2-1-3-5-10/h1-5,11-13,16-17H,6-9H2,(H,20,21). The monoisotopic (exact) mass is 289 g/mol. The summed E-state index contributed by atoms with van der Waals surface area (Å²) in [7, 11) is 0. The van der Waals surface area contributed by atoms with E-state index in [0.29, 0.717) is 25.9 Å². The third-order valence-electron chi connectivity index (χ3n) is 4.25. The number of carbonyl (C=O) groups is 2. The molecule has 2 aliphatic heterocycles. The summed E-state index contributed by atoms with van der Waals surface area (Å²) in [4.78, 5) is 25.0. The number of nitrogens with one attached hydrogen (secondary N) is 2. The van der Waals surface area contributed by atoms with Crippen LogP contribution in [0.2, 0.25) is 0 Å². The predicted molar refractivity (Wildman–Crippen MR) is 76.2 cm³/mol. The van der Waals surface area contributed by atoms with E-state index in [1.807, 2.05) is 30.3 Å². The van der Waals surface area contributed by atoms with Gasteiger partial charge in [-0.3, -0.25) is 9.59 Å². The third kappa shape index (κ3) is 2.91. The highest BCUT2D eigenvalue weighted by atomic mass is 16.4. The van der Waals surface area contributed by atoms with Crippen molar-refractivity contribution >= 4 is 11.9 Å². The van der Waals surface area contributed by atoms with E-state index in [2.05, 4.69) is 10.9 Å². The van der Waals surface area contributed by atoms with E-state index in [1.165, 1.54) is 0 Å². The number of amides is 1. The van der Waals surface area contributed by atoms with Crippen LogP contribution in [0.25, 0.3) is 0 Å². The van der Waals surface area contributed by atoms with Crippen molar-refractivity contribution in [2.24, 2.45) is 5.92 Å². The first-order valence-corrected chi connectivity index (χ1v) is 7.22. The zero-order valence-corrected chi connectivity index (χ0v) is 11.7. The van der Waals surface area contributed by atoms with Gasteiger partial charge in [0.2, 0.25) is 5.91 Å². The van der Waals surface area contributed by atoms with E-state index in [-0.39, 0.29) is 18.0 Å². The summed E-state index contributed by atoms with van der Waals surface area (Å²) in [5.74, 6) is -1.25. The molecule has 6 heteroatoms. The highest BCUT2D eigenvalue weighted by molar-refractivity contribution is 5.83. The summed E-state index contributed by atoms with van der Waals surface area (Å²) in [5, 5.41) is 9.00. The van der Waals surface area contributed by atoms with Gasteiger partial charge in [-0.2, -0.15) is 0 Å². The number of likely N-dealkylation sites (tertiary alicyclic amines) is 1. The minimum absolute atomic E-state index is 0.00955. The minimum Gasteiger partial charge on any atom is -0.481 e. The molecule has 3 N–H and O–H groups in total. The van der Waals surface area contributed by atoms with Crippen molar-refractivity contribution in [3.05, 3.63) is 35.9 Å². The smallest absolute Gasteiger partial charge is 0.308 e. The van der Waals surface area contributed by atoms with Crippen LogP contribution in [0.15, 0.2) is 30.3 Å². The van der Waals surface area contributed by atoms with Gasteiger partial charge in [-0.25, -0.2) is 10.9 Å². The van der Waals surface area contributed by atoms with Crippen LogP contribution in [0.3, 0.4) is 0 Å². The molecule has 21 heavy (non-hydrogen) atoms. The second kappa shape index (κ2) is 5.83. The molecule has 2 fully saturated rings. The van der Waals surface area contributed by atoms with Gasteiger partial charge in [0, 0.05) is 19.1 Å². The number of hydrogen-bond donors (Lipinski definition) is 3. The number of carboxylic acids is 1. The second-order valence-electron chi connectivity index (χ2n) is 5.65. The van der Waals surface area contributed by atoms with Crippen LogP contribution in [0.1, 0.15) is 24.4 Å². The van der Waals surface area contributed by atoms with E-state index in [9.17, 15) is 9.59 Å². The topological polar surface area (TPSA) is 81.7 Å². The lowest BCUT2D eigenvalue weighted by atomic mass is 10.0. The van der Waals surface area contributed by atoms with Crippen LogP contribution in [0.5, 0.6) is 0 Å². The molecule has 2 aliphatic rings. The Morgan fingerprint density at radius 2 is 1.95 bits per heavy atom. The summed E-state index contributed by atoms with van der Waals surface area (Å²) < 4.78 is 0. The largest absolute Gasteiger partial charge is 0.481 e. The number of hydrazine groups is 1. The average Bonchev–Trinajstić information content (AvgIpc) is 3.17. The van der Waals surface area contributed by atoms with E-state index >= 15 is 0 Å². The zero-order valence-electron chi connectivity index (χ0n) is 11.7. The predicted octanol–water partition coefficient (Wildman–Crippen LogP) is 0.527. The summed E-state index contributed by atoms with van der Waals surface area (Å²) in [5.41, 5.74) is 7.33. The first-order valence-electron chi connectivity index (χ1n) is 7.22. The molecule has 3 atom stereocenters. The molecule has 1 aromatic carbocycles. The van der Waals surface area contributed by atoms with Gasteiger partial charge in [-0.15, -0.1) is 0 Å². The number of benzene rings is 1. The fourth-order valence-corrected chi connectivity index (χ4v) is 3.00. The summed E-state index contributed by atoms with van der Waals surface area (Å²) in [6.45, 7) is 0.854. The Morgan fingerprint density at radius 1 is 1.19 bits per heavy atom. The molecule has 0 bridgehead atoms. The Kier molecular flexibility index (Phi) is 3.90. The maximum atomic E-state index is 12.4. The van der Waals surface area contributed by atoms with E-state index in [1.54, 1.807) is 4.90 Å². The number of rotatable bonds is 3. The van der Waals surface area contributed by atoms with Crippen molar-refractivity contribution in [1.82, 2.24) is 15.8 Å². The van der Waals surface area contributed by atoms with Gasteiger partial charge in [-0.1, -0.05) is 30.3 Å². The Bertz CT molecular complexity index is 534. The van der Waals surface area contributed by atoms with Crippen LogP contribution in [-0.4, -0.2) is 41.0 Å². The van der Waals surface area contributed by atoms with Crippen molar-refractivity contribution < 1.29 is 14.7 Å². The van der Waals surface area contributed by atoms with E-state index in [0.717, 1.165) is 5.56 Å². The molecule has 112 valence electrons. The minimum atomic E-state index is -0.815. The summed E-state index contributed by atoms with van der Waals surface area (Å²) >= 11 is 0. The lowest BCUT2D eigenvalue weighted by Crippen LogP contribution is -2.45. The third-order valence-corrected chi connectivity index (χ3v) is 4.25. The van der Waals surface area contributed by atoms with Gasteiger partial charge in [0.1, 0.15) is 6.04 Å². The number of aliphatic carboxylic acids is 1. The highest BCUT2D eigenvalue weighted by Gasteiger charge is 2.37. The fraction of sp³-hybridized carbons (Fsp3) is 0.467. The summed E-state index contributed by atoms with van der Waals surface area (Å²) in [6.07, 6.45) is 1.22. The molecular weight excluding hydrogens is 270 g/mol. The van der Waals surface area contributed by atoms with Crippen molar-refractivity contribution in [3.63, 3.8) is 0 Å². The summed E-state index contributed by atoms with van der Waals surface area (Å²) in [6, 6.07) is 9.80. The Hall–Kier alpha value is -1.92. The van der Waals surface area contributed by atoms with Gasteiger partial charge in [0.15, 0.2) is 0 Å². The zero-order chi connectivity index (χ0) is 14.8. The first kappa shape index (κ1) is 14.0. The van der Waals surface area contributed by atoms with Crippen LogP contribution >= 0.6 is 0 Å². The molecule has 3 unspecified atom stereocenters. The molecule has 0 radical (unpaired) electrons. The van der Waals surface area contributed by atoms with E-state index in [4.69, 9.17) is 5.11 Å². The van der Waals surface area contributed by atoms with Crippen molar-refractivity contribution in [1.29, 1.82) is 0 Å². The molecule has 2 saturated heterocycles. The Morgan fingerprint density at radius 3 is 2.62 bits per heavy atom. The van der Waals surface area contributed by atoms with Crippen molar-refractivity contribution in [2.75, 3.05) is 13.1 Å². The molecule has 6 nitrogen and oxygen atoms in total. The second-order valence-corrected chi connectivity index (χ2v) is 5.65. The molecule has 0 aromatic heterocycles. The normalized spacial score (nSPS) is 28.8. The van der Waals surface area contributed by atoms with Gasteiger partial charge < -0.3 is 10.0 Å². The molecule has 3 rings (SSSR count). The van der Waals surface area contributed by atoms with Crippen molar-refractivity contribution in [2.45, 2.75) is 24.9 Å². The molecule has 0 aliphatic carbocycles. The molecule has 0 spiro atoms. The molecule has 1 aromatic rings. The van der Waals surface area contributed by atoms with Gasteiger partial charge in [0.25, 0.3) is 0 Å². The lowest BCUT2D eigenvalue weighted by molar-refractivity contribution is -0.141. The van der Waals surface area contributed by atoms with Crippen LogP contribution in [0.4, 0.5) is 0 Å². The van der Waals surface area contributed by atoms with Crippen LogP contribution in [0, 0.1) is 5.92 Å². The molecular formula is C15H19N3O3. The lowest BCUT2D eigenvalue weighted by Gasteiger charge is -2.19. The fourth-order valence-electron chi connectivity index (χ4n) is 3.00. The number of nitrogens with zero attached hydrogens (tertiary/aromatic N) is 1. The average molecular weight is 289 g/mol. The maximum Gasteiger partial charge on any atom is 0.308 e. The van der Waals surface area contributed by atoms with Gasteiger partial charge in [-0.05, 0) is 18.4 Å². The SMILES string of the molecule is O=C(O)C1CCN(C(=O)C2CC(c3ccccc3)NN2)C1. The maximum absolute atomic E-state index is 12.4. The quantitative estimate of drug-likeness (QED) is 0.756. The van der Waals surface area contributed by atoms with Crippen LogP contribution in [-0.2, 0) is 9.59 Å². The highest BCUT2D eigenvalue weighted by Crippen LogP contribution is 2.24. The number of carboxylic acid groups (broad SMARTS) is 1.